The molecule has 2 heterocycles. The molecule has 1 saturated heterocycles. The summed E-state index contributed by atoms with van der Waals surface area (Å²) in [4.78, 5) is 54.9. The zero-order valence-corrected chi connectivity index (χ0v) is 19.9. The number of fused-ring (bicyclic) bond motifs is 1. The second-order valence-corrected chi connectivity index (χ2v) is 9.17. The number of nitrogens with two attached hydrogens (primary N) is 1. The number of carboxylic acids is 1. The third-order valence-corrected chi connectivity index (χ3v) is 6.31. The van der Waals surface area contributed by atoms with Gasteiger partial charge < -0.3 is 36.5 Å². The lowest BCUT2D eigenvalue weighted by Crippen LogP contribution is -2.58. The quantitative estimate of drug-likeness (QED) is 0.267. The van der Waals surface area contributed by atoms with Gasteiger partial charge in [0, 0.05) is 30.1 Å². The molecule has 3 rings (SSSR count). The molecule has 4 atom stereocenters. The number of nitrogens with zero attached hydrogens (tertiary/aromatic N) is 1. The molecule has 190 valence electrons. The maximum atomic E-state index is 13.1. The molecular weight excluding hydrogens is 454 g/mol. The van der Waals surface area contributed by atoms with Gasteiger partial charge in [0.15, 0.2) is 0 Å². The van der Waals surface area contributed by atoms with Crippen molar-refractivity contribution in [1.82, 2.24) is 20.5 Å². The zero-order chi connectivity index (χ0) is 25.7. The van der Waals surface area contributed by atoms with Gasteiger partial charge in [-0.05, 0) is 30.4 Å². The van der Waals surface area contributed by atoms with Gasteiger partial charge in [-0.2, -0.15) is 0 Å². The molecule has 1 aliphatic heterocycles. The van der Waals surface area contributed by atoms with Crippen LogP contribution in [0.5, 0.6) is 0 Å². The Kier molecular flexibility index (Phi) is 8.47. The minimum Gasteiger partial charge on any atom is -0.480 e. The summed E-state index contributed by atoms with van der Waals surface area (Å²) in [6, 6.07) is 3.33. The summed E-state index contributed by atoms with van der Waals surface area (Å²) in [6.45, 7) is 3.26. The molecule has 11 heteroatoms. The van der Waals surface area contributed by atoms with E-state index in [1.165, 1.54) is 4.90 Å². The van der Waals surface area contributed by atoms with Crippen molar-refractivity contribution in [1.29, 1.82) is 0 Å². The molecule has 0 bridgehead atoms. The van der Waals surface area contributed by atoms with Gasteiger partial charge in [-0.1, -0.05) is 32.0 Å². The number of likely N-dealkylation sites (tertiary alicyclic amines) is 1. The molecule has 1 aromatic heterocycles. The Bertz CT molecular complexity index is 1080. The lowest BCUT2D eigenvalue weighted by Gasteiger charge is -2.29. The van der Waals surface area contributed by atoms with Crippen molar-refractivity contribution >= 4 is 34.6 Å². The summed E-state index contributed by atoms with van der Waals surface area (Å²) in [5.74, 6) is -3.20. The van der Waals surface area contributed by atoms with Crippen molar-refractivity contribution < 1.29 is 29.4 Å². The van der Waals surface area contributed by atoms with Crippen molar-refractivity contribution in [3.63, 3.8) is 0 Å². The van der Waals surface area contributed by atoms with Crippen LogP contribution in [-0.4, -0.2) is 81.1 Å². The first-order chi connectivity index (χ1) is 16.6. The zero-order valence-electron chi connectivity index (χ0n) is 19.9. The van der Waals surface area contributed by atoms with E-state index in [0.717, 1.165) is 16.5 Å². The lowest BCUT2D eigenvalue weighted by atomic mass is 10.0. The fourth-order valence-corrected chi connectivity index (χ4v) is 4.36. The summed E-state index contributed by atoms with van der Waals surface area (Å²) in [7, 11) is 0. The van der Waals surface area contributed by atoms with Crippen LogP contribution in [0.15, 0.2) is 30.5 Å². The molecule has 1 aliphatic rings. The number of nitrogens with one attached hydrogen (secondary N) is 3. The van der Waals surface area contributed by atoms with Gasteiger partial charge in [0.1, 0.15) is 24.2 Å². The highest BCUT2D eigenvalue weighted by atomic mass is 16.4. The highest BCUT2D eigenvalue weighted by Gasteiger charge is 2.38. The number of aromatic nitrogens is 1. The predicted octanol–water partition coefficient (Wildman–Crippen LogP) is -0.269. The molecule has 0 saturated carbocycles. The van der Waals surface area contributed by atoms with Crippen LogP contribution in [0.2, 0.25) is 0 Å². The number of carbonyl (C=O) groups is 4. The Balaban J connectivity index is 1.70. The van der Waals surface area contributed by atoms with Crippen LogP contribution in [0.3, 0.4) is 0 Å². The first-order valence-corrected chi connectivity index (χ1v) is 11.7. The summed E-state index contributed by atoms with van der Waals surface area (Å²) < 4.78 is 0. The molecule has 35 heavy (non-hydrogen) atoms. The summed E-state index contributed by atoms with van der Waals surface area (Å²) in [6.07, 6.45) is 2.78. The highest BCUT2D eigenvalue weighted by molar-refractivity contribution is 5.94. The van der Waals surface area contributed by atoms with Crippen LogP contribution in [0.25, 0.3) is 10.9 Å². The van der Waals surface area contributed by atoms with Gasteiger partial charge >= 0.3 is 5.97 Å². The third kappa shape index (κ3) is 5.98. The molecular formula is C24H33N5O6. The van der Waals surface area contributed by atoms with Crippen LogP contribution >= 0.6 is 0 Å². The van der Waals surface area contributed by atoms with E-state index >= 15 is 0 Å². The highest BCUT2D eigenvalue weighted by Crippen LogP contribution is 2.20. The second-order valence-electron chi connectivity index (χ2n) is 9.17. The van der Waals surface area contributed by atoms with Crippen LogP contribution in [0.4, 0.5) is 0 Å². The largest absolute Gasteiger partial charge is 0.480 e. The van der Waals surface area contributed by atoms with Crippen LogP contribution < -0.4 is 16.4 Å². The van der Waals surface area contributed by atoms with Gasteiger partial charge in [-0.15, -0.1) is 0 Å². The first-order valence-electron chi connectivity index (χ1n) is 11.7. The Labute approximate surface area is 203 Å². The smallest absolute Gasteiger partial charge is 0.326 e. The Morgan fingerprint density at radius 2 is 1.91 bits per heavy atom. The Hall–Kier alpha value is -3.44. The SMILES string of the molecule is CC(C)C(NC(=O)C1CCCN1C(=O)C(N)CO)C(=O)NC(Cc1c[nH]c2ccccc12)C(=O)O. The van der Waals surface area contributed by atoms with E-state index in [4.69, 9.17) is 5.73 Å². The van der Waals surface area contributed by atoms with Crippen molar-refractivity contribution in [3.05, 3.63) is 36.0 Å². The van der Waals surface area contributed by atoms with E-state index in [2.05, 4.69) is 15.6 Å². The number of amides is 3. The number of aliphatic carboxylic acids is 1. The Morgan fingerprint density at radius 3 is 2.57 bits per heavy atom. The van der Waals surface area contributed by atoms with Crippen LogP contribution in [0.1, 0.15) is 32.3 Å². The number of benzene rings is 1. The molecule has 0 aliphatic carbocycles. The lowest BCUT2D eigenvalue weighted by molar-refractivity contribution is -0.143. The van der Waals surface area contributed by atoms with Gasteiger partial charge in [0.05, 0.1) is 6.61 Å². The molecule has 2 aromatic rings. The standard InChI is InChI=1S/C24H33N5O6/c1-13(2)20(28-21(31)19-8-5-9-29(19)23(33)16(25)12-30)22(32)27-18(24(34)35)10-14-11-26-17-7-4-3-6-15(14)17/h3-4,6-7,11,13,16,18-20,26,30H,5,8-10,12,25H2,1-2H3,(H,27,32)(H,28,31)(H,34,35). The van der Waals surface area contributed by atoms with Gasteiger partial charge in [0.2, 0.25) is 17.7 Å². The number of hydrogen-bond donors (Lipinski definition) is 6. The van der Waals surface area contributed by atoms with E-state index in [9.17, 15) is 29.4 Å². The van der Waals surface area contributed by atoms with Crippen molar-refractivity contribution in [3.8, 4) is 0 Å². The molecule has 1 fully saturated rings. The number of aliphatic hydroxyl groups is 1. The van der Waals surface area contributed by atoms with E-state index in [1.54, 1.807) is 20.0 Å². The average molecular weight is 488 g/mol. The van der Waals surface area contributed by atoms with E-state index in [0.29, 0.717) is 19.4 Å². The van der Waals surface area contributed by atoms with E-state index in [-0.39, 0.29) is 12.3 Å². The maximum Gasteiger partial charge on any atom is 0.326 e. The molecule has 0 spiro atoms. The predicted molar refractivity (Wildman–Crippen MR) is 128 cm³/mol. The number of aliphatic hydroxyl groups excluding tert-OH is 1. The van der Waals surface area contributed by atoms with Gasteiger partial charge in [-0.25, -0.2) is 4.79 Å². The number of aromatic amines is 1. The molecule has 3 amide bonds. The Morgan fingerprint density at radius 1 is 1.20 bits per heavy atom. The van der Waals surface area contributed by atoms with Crippen molar-refractivity contribution in [2.75, 3.05) is 13.2 Å². The fourth-order valence-electron chi connectivity index (χ4n) is 4.36. The molecule has 1 aromatic carbocycles. The number of rotatable bonds is 10. The van der Waals surface area contributed by atoms with Crippen molar-refractivity contribution in [2.24, 2.45) is 11.7 Å². The number of carboxylic acid groups (broad SMARTS) is 1. The number of hydrogen-bond acceptors (Lipinski definition) is 6. The number of carbonyl (C=O) groups excluding carboxylic acids is 3. The van der Waals surface area contributed by atoms with Crippen LogP contribution in [-0.2, 0) is 25.6 Å². The molecule has 4 unspecified atom stereocenters. The minimum atomic E-state index is -1.20. The van der Waals surface area contributed by atoms with Gasteiger partial charge in [-0.3, -0.25) is 14.4 Å². The van der Waals surface area contributed by atoms with Gasteiger partial charge in [0.25, 0.3) is 0 Å². The van der Waals surface area contributed by atoms with Crippen LogP contribution in [0, 0.1) is 5.92 Å². The normalized spacial score (nSPS) is 18.3. The van der Waals surface area contributed by atoms with Crippen molar-refractivity contribution in [2.45, 2.75) is 57.3 Å². The molecule has 7 N–H and O–H groups in total. The second kappa shape index (κ2) is 11.3. The molecule has 0 radical (unpaired) electrons. The third-order valence-electron chi connectivity index (χ3n) is 6.31. The monoisotopic (exact) mass is 487 g/mol. The number of para-hydroxylation sites is 1. The number of H-pyrrole nitrogens is 1. The molecule has 11 nitrogen and oxygen atoms in total. The fraction of sp³-hybridized carbons (Fsp3) is 0.500. The maximum absolute atomic E-state index is 13.1. The van der Waals surface area contributed by atoms with E-state index < -0.39 is 54.5 Å². The summed E-state index contributed by atoms with van der Waals surface area (Å²) in [5.41, 5.74) is 7.25. The summed E-state index contributed by atoms with van der Waals surface area (Å²) >= 11 is 0. The van der Waals surface area contributed by atoms with E-state index in [1.807, 2.05) is 24.3 Å². The average Bonchev–Trinajstić information content (AvgIpc) is 3.48. The minimum absolute atomic E-state index is 0.0633. The summed E-state index contributed by atoms with van der Waals surface area (Å²) in [5, 5.41) is 25.0. The topological polar surface area (TPSA) is 178 Å². The first kappa shape index (κ1) is 26.2.